The van der Waals surface area contributed by atoms with E-state index in [4.69, 9.17) is 14.7 Å². The minimum atomic E-state index is -0.0982. The van der Waals surface area contributed by atoms with E-state index in [1.165, 1.54) is 6.04 Å². The van der Waals surface area contributed by atoms with Gasteiger partial charge in [-0.05, 0) is 26.3 Å². The Morgan fingerprint density at radius 3 is 2.43 bits per heavy atom. The molecule has 0 aromatic heterocycles. The number of ether oxygens (including phenoxy) is 2. The van der Waals surface area contributed by atoms with Crippen LogP contribution in [0.5, 0.6) is 0 Å². The van der Waals surface area contributed by atoms with Crippen LogP contribution in [-0.4, -0.2) is 29.0 Å². The summed E-state index contributed by atoms with van der Waals surface area (Å²) in [6.07, 6.45) is 1.76. The largest absolute Gasteiger partial charge is 0.353 e. The van der Waals surface area contributed by atoms with Gasteiger partial charge in [0.05, 0.1) is 6.07 Å². The quantitative estimate of drug-likeness (QED) is 0.334. The number of unbranched alkanes of at least 4 members (excludes halogenated alkanes) is 1. The van der Waals surface area contributed by atoms with Crippen LogP contribution in [0.3, 0.4) is 0 Å². The fourth-order valence-electron chi connectivity index (χ4n) is 1.28. The van der Waals surface area contributed by atoms with Gasteiger partial charge in [-0.2, -0.15) is 5.26 Å². The molecule has 0 amide bonds. The third kappa shape index (κ3) is 8.24. The summed E-state index contributed by atoms with van der Waals surface area (Å²) in [5, 5.41) is 8.36. The Balaban J connectivity index is 3.36. The average molecular weight is 215 g/mol. The van der Waals surface area contributed by atoms with Crippen LogP contribution in [0.15, 0.2) is 0 Å². The van der Waals surface area contributed by atoms with Crippen LogP contribution >= 0.6 is 0 Å². The van der Waals surface area contributed by atoms with E-state index in [-0.39, 0.29) is 15.8 Å². The first kappa shape index (κ1) is 13.6. The Bertz CT molecular complexity index is 153. The van der Waals surface area contributed by atoms with Crippen LogP contribution in [0.1, 0.15) is 26.7 Å². The molecule has 0 bridgehead atoms. The molecule has 0 unspecified atom stereocenters. The van der Waals surface area contributed by atoms with Crippen molar-refractivity contribution in [3.05, 3.63) is 0 Å². The van der Waals surface area contributed by atoms with Crippen LogP contribution in [0.25, 0.3) is 0 Å². The molecule has 0 aromatic carbocycles. The molecule has 0 heterocycles. The molecule has 0 aliphatic heterocycles. The lowest BCUT2D eigenvalue weighted by molar-refractivity contribution is -0.123. The van der Waals surface area contributed by atoms with Crippen molar-refractivity contribution in [1.82, 2.24) is 0 Å². The summed E-state index contributed by atoms with van der Waals surface area (Å²) in [6, 6.07) is 4.47. The predicted octanol–water partition coefficient (Wildman–Crippen LogP) is 1.69. The van der Waals surface area contributed by atoms with Gasteiger partial charge in [0.2, 0.25) is 0 Å². The predicted molar refractivity (Wildman–Crippen MR) is 60.0 cm³/mol. The number of hydrogen-bond acceptors (Lipinski definition) is 3. The second-order valence-electron chi connectivity index (χ2n) is 3.10. The van der Waals surface area contributed by atoms with E-state index in [0.29, 0.717) is 6.42 Å². The first-order chi connectivity index (χ1) is 6.85. The molecule has 14 heavy (non-hydrogen) atoms. The van der Waals surface area contributed by atoms with Crippen LogP contribution in [0.4, 0.5) is 0 Å². The Kier molecular flexibility index (Phi) is 10.4. The summed E-state index contributed by atoms with van der Waals surface area (Å²) in [6.45, 7) is 5.42. The summed E-state index contributed by atoms with van der Waals surface area (Å²) < 4.78 is 10.9. The highest BCUT2D eigenvalue weighted by Crippen LogP contribution is 2.04. The molecule has 0 N–H and O–H groups in total. The van der Waals surface area contributed by atoms with E-state index in [1.54, 1.807) is 0 Å². The SMILES string of the molecule is CCOC(C[SiH2]CCCC#N)OCC. The Labute approximate surface area is 89.2 Å². The topological polar surface area (TPSA) is 42.2 Å². The Morgan fingerprint density at radius 2 is 1.93 bits per heavy atom. The normalized spacial score (nSPS) is 11.3. The second-order valence-corrected chi connectivity index (χ2v) is 5.09. The molecule has 0 rings (SSSR count). The highest BCUT2D eigenvalue weighted by atomic mass is 28.2. The summed E-state index contributed by atoms with van der Waals surface area (Å²) in [7, 11) is -0.0982. The number of rotatable bonds is 9. The minimum Gasteiger partial charge on any atom is -0.353 e. The van der Waals surface area contributed by atoms with Gasteiger partial charge in [-0.1, -0.05) is 6.04 Å². The first-order valence-corrected chi connectivity index (χ1v) is 7.45. The molecule has 0 saturated carbocycles. The van der Waals surface area contributed by atoms with E-state index < -0.39 is 0 Å². The number of nitriles is 1. The fourth-order valence-corrected chi connectivity index (χ4v) is 2.84. The van der Waals surface area contributed by atoms with Gasteiger partial charge in [-0.15, -0.1) is 0 Å². The molecular formula is C10H21NO2Si. The lowest BCUT2D eigenvalue weighted by Gasteiger charge is -2.16. The van der Waals surface area contributed by atoms with Crippen molar-refractivity contribution in [3.8, 4) is 6.07 Å². The molecule has 0 saturated heterocycles. The van der Waals surface area contributed by atoms with Gasteiger partial charge in [-0.3, -0.25) is 0 Å². The van der Waals surface area contributed by atoms with Gasteiger partial charge in [0, 0.05) is 29.2 Å². The van der Waals surface area contributed by atoms with Gasteiger partial charge in [0.25, 0.3) is 0 Å². The molecule has 0 radical (unpaired) electrons. The van der Waals surface area contributed by atoms with Crippen LogP contribution in [0.2, 0.25) is 12.1 Å². The number of hydrogen-bond donors (Lipinski definition) is 0. The van der Waals surface area contributed by atoms with E-state index in [2.05, 4.69) is 6.07 Å². The zero-order valence-electron chi connectivity index (χ0n) is 9.29. The molecule has 3 nitrogen and oxygen atoms in total. The van der Waals surface area contributed by atoms with Gasteiger partial charge in [0.15, 0.2) is 6.29 Å². The molecular weight excluding hydrogens is 194 g/mol. The molecule has 82 valence electrons. The highest BCUT2D eigenvalue weighted by Gasteiger charge is 2.06. The Morgan fingerprint density at radius 1 is 1.29 bits per heavy atom. The van der Waals surface area contributed by atoms with Gasteiger partial charge >= 0.3 is 0 Å². The van der Waals surface area contributed by atoms with Crippen molar-refractivity contribution in [2.24, 2.45) is 0 Å². The summed E-state index contributed by atoms with van der Waals surface area (Å²) in [5.74, 6) is 0. The van der Waals surface area contributed by atoms with Crippen molar-refractivity contribution in [1.29, 1.82) is 5.26 Å². The van der Waals surface area contributed by atoms with E-state index in [9.17, 15) is 0 Å². The van der Waals surface area contributed by atoms with Crippen molar-refractivity contribution in [3.63, 3.8) is 0 Å². The minimum absolute atomic E-state index is 0.0127. The van der Waals surface area contributed by atoms with E-state index >= 15 is 0 Å². The monoisotopic (exact) mass is 215 g/mol. The van der Waals surface area contributed by atoms with Crippen molar-refractivity contribution < 1.29 is 9.47 Å². The first-order valence-electron chi connectivity index (χ1n) is 5.45. The van der Waals surface area contributed by atoms with Gasteiger partial charge < -0.3 is 9.47 Å². The standard InChI is InChI=1S/C10H21NO2Si/c1-3-12-10(13-4-2)9-14-8-6-5-7-11/h10H,3-6,8-9,14H2,1-2H3. The third-order valence-corrected chi connectivity index (χ3v) is 3.81. The van der Waals surface area contributed by atoms with Crippen LogP contribution in [0, 0.1) is 11.3 Å². The lowest BCUT2D eigenvalue weighted by atomic mass is 10.4. The maximum atomic E-state index is 8.36. The zero-order valence-corrected chi connectivity index (χ0v) is 10.7. The molecule has 0 aliphatic rings. The lowest BCUT2D eigenvalue weighted by Crippen LogP contribution is -2.18. The average Bonchev–Trinajstić information content (AvgIpc) is 2.18. The summed E-state index contributed by atoms with van der Waals surface area (Å²) in [5.41, 5.74) is 0. The van der Waals surface area contributed by atoms with Crippen molar-refractivity contribution in [2.75, 3.05) is 13.2 Å². The molecule has 0 fully saturated rings. The maximum absolute atomic E-state index is 8.36. The summed E-state index contributed by atoms with van der Waals surface area (Å²) >= 11 is 0. The van der Waals surface area contributed by atoms with Gasteiger partial charge in [0.1, 0.15) is 0 Å². The van der Waals surface area contributed by atoms with Crippen LogP contribution in [-0.2, 0) is 9.47 Å². The van der Waals surface area contributed by atoms with Crippen molar-refractivity contribution in [2.45, 2.75) is 45.1 Å². The molecule has 0 spiro atoms. The molecule has 4 heteroatoms. The van der Waals surface area contributed by atoms with Crippen LogP contribution < -0.4 is 0 Å². The molecule has 0 atom stereocenters. The molecule has 0 aliphatic carbocycles. The third-order valence-electron chi connectivity index (χ3n) is 1.93. The molecule has 0 aromatic rings. The summed E-state index contributed by atoms with van der Waals surface area (Å²) in [4.78, 5) is 0. The van der Waals surface area contributed by atoms with Crippen molar-refractivity contribution >= 4 is 9.52 Å². The maximum Gasteiger partial charge on any atom is 0.154 e. The second kappa shape index (κ2) is 10.7. The van der Waals surface area contributed by atoms with E-state index in [0.717, 1.165) is 25.7 Å². The number of nitrogens with zero attached hydrogens (tertiary/aromatic N) is 1. The fraction of sp³-hybridized carbons (Fsp3) is 0.900. The van der Waals surface area contributed by atoms with Gasteiger partial charge in [-0.25, -0.2) is 0 Å². The zero-order chi connectivity index (χ0) is 10.6. The Hall–Kier alpha value is -0.373. The van der Waals surface area contributed by atoms with E-state index in [1.807, 2.05) is 13.8 Å². The highest BCUT2D eigenvalue weighted by molar-refractivity contribution is 6.35. The smallest absolute Gasteiger partial charge is 0.154 e.